The molecule has 1 atom stereocenters. The topological polar surface area (TPSA) is 86.7 Å². The Hall–Kier alpha value is -0.660. The normalized spacial score (nSPS) is 21.1. The zero-order chi connectivity index (χ0) is 14.8. The van der Waals surface area contributed by atoms with Gasteiger partial charge in [0.25, 0.3) is 0 Å². The molecule has 112 valence electrons. The molecule has 0 radical (unpaired) electrons. The molecule has 0 aromatic carbocycles. The highest BCUT2D eigenvalue weighted by atomic mass is 32.2. The zero-order valence-corrected chi connectivity index (χ0v) is 12.8. The maximum atomic E-state index is 12.1. The van der Waals surface area contributed by atoms with Crippen LogP contribution in [0.1, 0.15) is 33.6 Å². The van der Waals surface area contributed by atoms with E-state index in [1.165, 1.54) is 10.6 Å². The van der Waals surface area contributed by atoms with E-state index in [-0.39, 0.29) is 11.8 Å². The van der Waals surface area contributed by atoms with Gasteiger partial charge in [-0.1, -0.05) is 0 Å². The van der Waals surface area contributed by atoms with Crippen molar-refractivity contribution in [2.75, 3.05) is 19.3 Å². The molecular weight excluding hydrogens is 268 g/mol. The van der Waals surface area contributed by atoms with E-state index in [1.807, 2.05) is 0 Å². The Bertz CT molecular complexity index is 423. The molecule has 1 unspecified atom stereocenters. The van der Waals surface area contributed by atoms with Gasteiger partial charge in [0.2, 0.25) is 15.9 Å². The fraction of sp³-hybridized carbons (Fsp3) is 0.917. The van der Waals surface area contributed by atoms with Crippen molar-refractivity contribution in [3.05, 3.63) is 0 Å². The Morgan fingerprint density at radius 1 is 1.37 bits per heavy atom. The van der Waals surface area contributed by atoms with Crippen molar-refractivity contribution < 1.29 is 18.3 Å². The zero-order valence-electron chi connectivity index (χ0n) is 12.0. The fourth-order valence-electron chi connectivity index (χ4n) is 1.97. The molecule has 1 aliphatic heterocycles. The van der Waals surface area contributed by atoms with E-state index in [4.69, 9.17) is 0 Å². The van der Waals surface area contributed by atoms with Crippen LogP contribution in [-0.2, 0) is 14.8 Å². The number of rotatable bonds is 4. The second-order valence-corrected chi connectivity index (χ2v) is 7.81. The van der Waals surface area contributed by atoms with Gasteiger partial charge in [-0.3, -0.25) is 4.79 Å². The molecule has 0 aliphatic carbocycles. The van der Waals surface area contributed by atoms with E-state index in [0.29, 0.717) is 25.9 Å². The molecule has 1 rings (SSSR count). The van der Waals surface area contributed by atoms with Crippen molar-refractivity contribution in [1.29, 1.82) is 0 Å². The third-order valence-corrected chi connectivity index (χ3v) is 5.09. The van der Waals surface area contributed by atoms with Crippen LogP contribution in [0.4, 0.5) is 0 Å². The number of sulfonamides is 1. The summed E-state index contributed by atoms with van der Waals surface area (Å²) in [4.78, 5) is 12.1. The van der Waals surface area contributed by atoms with E-state index < -0.39 is 21.7 Å². The van der Waals surface area contributed by atoms with Crippen LogP contribution < -0.4 is 5.32 Å². The molecule has 0 aromatic heterocycles. The molecule has 0 spiro atoms. The van der Waals surface area contributed by atoms with Gasteiger partial charge in [0.05, 0.1) is 17.9 Å². The number of nitrogens with one attached hydrogen (secondary N) is 1. The molecule has 7 heteroatoms. The Kier molecular flexibility index (Phi) is 4.97. The van der Waals surface area contributed by atoms with Gasteiger partial charge in [-0.15, -0.1) is 0 Å². The highest BCUT2D eigenvalue weighted by molar-refractivity contribution is 7.88. The number of piperidine rings is 1. The first kappa shape index (κ1) is 16.4. The molecule has 19 heavy (non-hydrogen) atoms. The van der Waals surface area contributed by atoms with Crippen molar-refractivity contribution in [1.82, 2.24) is 9.62 Å². The van der Waals surface area contributed by atoms with Gasteiger partial charge < -0.3 is 10.4 Å². The Balaban J connectivity index is 2.55. The molecule has 1 fully saturated rings. The van der Waals surface area contributed by atoms with Gasteiger partial charge in [0.15, 0.2) is 0 Å². The number of aliphatic hydroxyl groups is 1. The number of nitrogens with zero attached hydrogens (tertiary/aromatic N) is 1. The van der Waals surface area contributed by atoms with Crippen molar-refractivity contribution in [2.24, 2.45) is 5.92 Å². The number of hydrogen-bond donors (Lipinski definition) is 2. The summed E-state index contributed by atoms with van der Waals surface area (Å²) < 4.78 is 24.1. The van der Waals surface area contributed by atoms with Crippen LogP contribution in [-0.4, -0.2) is 54.7 Å². The Morgan fingerprint density at radius 2 is 1.84 bits per heavy atom. The lowest BCUT2D eigenvalue weighted by Gasteiger charge is -2.34. The molecule has 0 saturated carbocycles. The quantitative estimate of drug-likeness (QED) is 0.759. The molecule has 2 N–H and O–H groups in total. The predicted octanol–water partition coefficient (Wildman–Crippen LogP) is -0.0664. The summed E-state index contributed by atoms with van der Waals surface area (Å²) in [5.74, 6) is -0.296. The molecule has 6 nitrogen and oxygen atoms in total. The lowest BCUT2D eigenvalue weighted by molar-refractivity contribution is -0.129. The van der Waals surface area contributed by atoms with Gasteiger partial charge in [0.1, 0.15) is 0 Å². The van der Waals surface area contributed by atoms with E-state index >= 15 is 0 Å². The average molecular weight is 292 g/mol. The summed E-state index contributed by atoms with van der Waals surface area (Å²) in [6.45, 7) is 5.92. The molecule has 1 saturated heterocycles. The third kappa shape index (κ3) is 4.43. The molecule has 1 aliphatic rings. The summed E-state index contributed by atoms with van der Waals surface area (Å²) in [5.41, 5.74) is -0.676. The first-order valence-electron chi connectivity index (χ1n) is 6.49. The van der Waals surface area contributed by atoms with Gasteiger partial charge in [-0.25, -0.2) is 12.7 Å². The number of hydrogen-bond acceptors (Lipinski definition) is 4. The number of carbonyl (C=O) groups is 1. The lowest BCUT2D eigenvalue weighted by atomic mass is 9.93. The first-order valence-corrected chi connectivity index (χ1v) is 8.34. The first-order chi connectivity index (χ1) is 8.54. The number of aliphatic hydroxyl groups excluding tert-OH is 1. The Morgan fingerprint density at radius 3 is 2.21 bits per heavy atom. The highest BCUT2D eigenvalue weighted by Gasteiger charge is 2.33. The summed E-state index contributed by atoms with van der Waals surface area (Å²) >= 11 is 0. The van der Waals surface area contributed by atoms with Crippen LogP contribution in [0.15, 0.2) is 0 Å². The van der Waals surface area contributed by atoms with Crippen molar-refractivity contribution in [3.8, 4) is 0 Å². The molecule has 0 bridgehead atoms. The van der Waals surface area contributed by atoms with E-state index in [9.17, 15) is 18.3 Å². The van der Waals surface area contributed by atoms with Crippen LogP contribution in [0.2, 0.25) is 0 Å². The number of amides is 1. The monoisotopic (exact) mass is 292 g/mol. The molecule has 0 aromatic rings. The van der Waals surface area contributed by atoms with E-state index in [2.05, 4.69) is 5.32 Å². The SMILES string of the molecule is CC(O)C(C)(C)NC(=O)C1CCN(S(C)(=O)=O)CC1. The molecule has 1 amide bonds. The van der Waals surface area contributed by atoms with Crippen molar-refractivity contribution >= 4 is 15.9 Å². The summed E-state index contributed by atoms with van der Waals surface area (Å²) in [5, 5.41) is 12.4. The second kappa shape index (κ2) is 5.76. The van der Waals surface area contributed by atoms with Crippen LogP contribution in [0.5, 0.6) is 0 Å². The minimum absolute atomic E-state index is 0.112. The molecule has 1 heterocycles. The maximum Gasteiger partial charge on any atom is 0.223 e. The van der Waals surface area contributed by atoms with E-state index in [0.717, 1.165) is 0 Å². The smallest absolute Gasteiger partial charge is 0.223 e. The second-order valence-electron chi connectivity index (χ2n) is 5.82. The van der Waals surface area contributed by atoms with Crippen LogP contribution in [0, 0.1) is 5.92 Å². The average Bonchev–Trinajstić information content (AvgIpc) is 2.27. The minimum Gasteiger partial charge on any atom is -0.391 e. The van der Waals surface area contributed by atoms with E-state index in [1.54, 1.807) is 20.8 Å². The van der Waals surface area contributed by atoms with Gasteiger partial charge in [0, 0.05) is 19.0 Å². The standard InChI is InChI=1S/C12H24N2O4S/c1-9(15)12(2,3)13-11(16)10-5-7-14(8-6-10)19(4,17)18/h9-10,15H,5-8H2,1-4H3,(H,13,16). The van der Waals surface area contributed by atoms with Crippen LogP contribution >= 0.6 is 0 Å². The number of carbonyl (C=O) groups excluding carboxylic acids is 1. The van der Waals surface area contributed by atoms with Crippen molar-refractivity contribution in [2.45, 2.75) is 45.3 Å². The summed E-state index contributed by atoms with van der Waals surface area (Å²) in [7, 11) is -3.16. The lowest BCUT2D eigenvalue weighted by Crippen LogP contribution is -2.54. The summed E-state index contributed by atoms with van der Waals surface area (Å²) in [6, 6.07) is 0. The highest BCUT2D eigenvalue weighted by Crippen LogP contribution is 2.20. The van der Waals surface area contributed by atoms with Crippen molar-refractivity contribution in [3.63, 3.8) is 0 Å². The molecular formula is C12H24N2O4S. The third-order valence-electron chi connectivity index (χ3n) is 3.78. The van der Waals surface area contributed by atoms with Crippen LogP contribution in [0.3, 0.4) is 0 Å². The van der Waals surface area contributed by atoms with Gasteiger partial charge >= 0.3 is 0 Å². The Labute approximate surface area is 115 Å². The van der Waals surface area contributed by atoms with Gasteiger partial charge in [-0.05, 0) is 33.6 Å². The van der Waals surface area contributed by atoms with Gasteiger partial charge in [-0.2, -0.15) is 0 Å². The predicted molar refractivity (Wildman–Crippen MR) is 73.0 cm³/mol. The minimum atomic E-state index is -3.16. The fourth-order valence-corrected chi connectivity index (χ4v) is 2.85. The summed E-state index contributed by atoms with van der Waals surface area (Å²) in [6.07, 6.45) is 1.58. The van der Waals surface area contributed by atoms with Crippen LogP contribution in [0.25, 0.3) is 0 Å². The largest absolute Gasteiger partial charge is 0.391 e. The maximum absolute atomic E-state index is 12.1.